The molecule has 9 heteroatoms. The number of esters is 1. The maximum absolute atomic E-state index is 13.4. The van der Waals surface area contributed by atoms with E-state index in [9.17, 15) is 13.2 Å². The molecule has 1 fully saturated rings. The second-order valence-electron chi connectivity index (χ2n) is 8.50. The van der Waals surface area contributed by atoms with Crippen LogP contribution in [-0.2, 0) is 39.0 Å². The first-order valence-electron chi connectivity index (χ1n) is 10.8. The minimum absolute atomic E-state index is 0.112. The largest absolute Gasteiger partial charge is 0.465 e. The summed E-state index contributed by atoms with van der Waals surface area (Å²) in [6, 6.07) is 4.45. The second kappa shape index (κ2) is 9.23. The van der Waals surface area contributed by atoms with Gasteiger partial charge >= 0.3 is 5.97 Å². The zero-order chi connectivity index (χ0) is 23.0. The Bertz CT molecular complexity index is 1130. The Labute approximate surface area is 194 Å². The molecule has 4 rings (SSSR count). The molecule has 0 atom stereocenters. The van der Waals surface area contributed by atoms with Crippen molar-refractivity contribution in [3.63, 3.8) is 0 Å². The molecule has 7 nitrogen and oxygen atoms in total. The molecule has 0 N–H and O–H groups in total. The van der Waals surface area contributed by atoms with Gasteiger partial charge in [-0.25, -0.2) is 13.2 Å². The Balaban J connectivity index is 1.66. The smallest absolute Gasteiger partial charge is 0.340 e. The predicted octanol–water partition coefficient (Wildman–Crippen LogP) is 3.04. The van der Waals surface area contributed by atoms with Gasteiger partial charge in [-0.15, -0.1) is 11.3 Å². The molecule has 3 heterocycles. The average molecular weight is 479 g/mol. The number of sulfonamides is 1. The summed E-state index contributed by atoms with van der Waals surface area (Å²) in [4.78, 5) is 15.9. The van der Waals surface area contributed by atoms with Gasteiger partial charge in [0.2, 0.25) is 0 Å². The minimum Gasteiger partial charge on any atom is -0.465 e. The van der Waals surface area contributed by atoms with E-state index in [-0.39, 0.29) is 9.77 Å². The molecule has 0 aliphatic carbocycles. The van der Waals surface area contributed by atoms with Gasteiger partial charge in [-0.3, -0.25) is 4.90 Å². The highest BCUT2D eigenvalue weighted by Gasteiger charge is 2.37. The number of aryl methyl sites for hydroxylation is 3. The van der Waals surface area contributed by atoms with Gasteiger partial charge in [0.25, 0.3) is 10.0 Å². The van der Waals surface area contributed by atoms with Crippen LogP contribution in [0.2, 0.25) is 0 Å². The number of benzene rings is 1. The number of nitrogens with zero attached hydrogens (tertiary/aromatic N) is 2. The molecule has 32 heavy (non-hydrogen) atoms. The SMILES string of the molecule is COC(=O)c1c(S(=O)(=O)N2CCOCC2)sc2c1CCN(Cc1cc(C)c(C)cc1C)C2. The fraction of sp³-hybridized carbons (Fsp3) is 0.522. The van der Waals surface area contributed by atoms with Crippen LogP contribution in [0.1, 0.15) is 43.1 Å². The maximum atomic E-state index is 13.4. The van der Waals surface area contributed by atoms with E-state index in [0.29, 0.717) is 39.3 Å². The normalized spacial score (nSPS) is 17.9. The van der Waals surface area contributed by atoms with Crippen LogP contribution >= 0.6 is 11.3 Å². The number of methoxy groups -OCH3 is 1. The molecule has 1 aromatic carbocycles. The highest BCUT2D eigenvalue weighted by atomic mass is 32.2. The van der Waals surface area contributed by atoms with Crippen molar-refractivity contribution in [3.05, 3.63) is 50.4 Å². The Kier molecular flexibility index (Phi) is 6.74. The number of morpholine rings is 1. The van der Waals surface area contributed by atoms with Crippen molar-refractivity contribution in [2.75, 3.05) is 40.0 Å². The first-order chi connectivity index (χ1) is 15.2. The number of carbonyl (C=O) groups excluding carboxylic acids is 1. The topological polar surface area (TPSA) is 76.2 Å². The van der Waals surface area contributed by atoms with E-state index in [1.165, 1.54) is 45.0 Å². The predicted molar refractivity (Wildman–Crippen MR) is 124 cm³/mol. The number of fused-ring (bicyclic) bond motifs is 1. The second-order valence-corrected chi connectivity index (χ2v) is 11.7. The van der Waals surface area contributed by atoms with Crippen molar-refractivity contribution in [2.24, 2.45) is 0 Å². The minimum atomic E-state index is -3.78. The van der Waals surface area contributed by atoms with E-state index in [1.807, 2.05) is 0 Å². The zero-order valence-electron chi connectivity index (χ0n) is 19.1. The summed E-state index contributed by atoms with van der Waals surface area (Å²) in [7, 11) is -2.48. The third-order valence-corrected chi connectivity index (χ3v) is 9.99. The number of hydrogen-bond acceptors (Lipinski definition) is 7. The molecule has 0 saturated carbocycles. The van der Waals surface area contributed by atoms with E-state index >= 15 is 0 Å². The van der Waals surface area contributed by atoms with Crippen LogP contribution in [0.3, 0.4) is 0 Å². The van der Waals surface area contributed by atoms with Crippen molar-refractivity contribution in [2.45, 2.75) is 44.5 Å². The quantitative estimate of drug-likeness (QED) is 0.615. The number of ether oxygens (including phenoxy) is 2. The molecular weight excluding hydrogens is 448 g/mol. The van der Waals surface area contributed by atoms with Crippen molar-refractivity contribution in [1.82, 2.24) is 9.21 Å². The number of rotatable bonds is 5. The number of carbonyl (C=O) groups is 1. The third kappa shape index (κ3) is 4.36. The molecule has 1 aromatic heterocycles. The van der Waals surface area contributed by atoms with E-state index < -0.39 is 16.0 Å². The Morgan fingerprint density at radius 1 is 1.09 bits per heavy atom. The standard InChI is InChI=1S/C23H30N2O5S2/c1-15-11-17(3)18(12-16(15)2)13-24-6-5-19-20(14-24)31-23(21(19)22(26)29-4)32(27,28)25-7-9-30-10-8-25/h11-12H,5-10,13-14H2,1-4H3. The van der Waals surface area contributed by atoms with Crippen LogP contribution in [0, 0.1) is 20.8 Å². The van der Waals surface area contributed by atoms with Crippen molar-refractivity contribution >= 4 is 27.3 Å². The molecule has 2 aliphatic rings. The number of thiophene rings is 1. The summed E-state index contributed by atoms with van der Waals surface area (Å²) in [6.45, 7) is 9.86. The molecule has 0 amide bonds. The summed E-state index contributed by atoms with van der Waals surface area (Å²) in [6.07, 6.45) is 0.624. The van der Waals surface area contributed by atoms with Crippen molar-refractivity contribution in [1.29, 1.82) is 0 Å². The van der Waals surface area contributed by atoms with Gasteiger partial charge in [0.15, 0.2) is 0 Å². The van der Waals surface area contributed by atoms with Crippen LogP contribution in [0.15, 0.2) is 16.3 Å². The van der Waals surface area contributed by atoms with Gasteiger partial charge in [0, 0.05) is 37.6 Å². The maximum Gasteiger partial charge on any atom is 0.340 e. The van der Waals surface area contributed by atoms with Gasteiger partial charge in [-0.2, -0.15) is 4.31 Å². The summed E-state index contributed by atoms with van der Waals surface area (Å²) in [5.74, 6) is -0.576. The molecule has 2 aliphatic heterocycles. The highest BCUT2D eigenvalue weighted by Crippen LogP contribution is 2.38. The van der Waals surface area contributed by atoms with E-state index in [1.54, 1.807) is 0 Å². The zero-order valence-corrected chi connectivity index (χ0v) is 20.7. The van der Waals surface area contributed by atoms with Gasteiger partial charge < -0.3 is 9.47 Å². The molecule has 0 radical (unpaired) electrons. The van der Waals surface area contributed by atoms with E-state index in [2.05, 4.69) is 37.8 Å². The van der Waals surface area contributed by atoms with Crippen LogP contribution in [0.4, 0.5) is 0 Å². The van der Waals surface area contributed by atoms with Crippen LogP contribution in [0.25, 0.3) is 0 Å². The first kappa shape index (κ1) is 23.4. The lowest BCUT2D eigenvalue weighted by Gasteiger charge is -2.28. The molecule has 2 aromatic rings. The molecule has 0 spiro atoms. The van der Waals surface area contributed by atoms with Crippen LogP contribution in [0.5, 0.6) is 0 Å². The molecule has 0 unspecified atom stereocenters. The summed E-state index contributed by atoms with van der Waals surface area (Å²) < 4.78 is 38.6. The highest BCUT2D eigenvalue weighted by molar-refractivity contribution is 7.91. The summed E-state index contributed by atoms with van der Waals surface area (Å²) in [5.41, 5.74) is 6.14. The fourth-order valence-corrected chi connectivity index (χ4v) is 7.87. The summed E-state index contributed by atoms with van der Waals surface area (Å²) in [5, 5.41) is 0. The van der Waals surface area contributed by atoms with Crippen molar-refractivity contribution < 1.29 is 22.7 Å². The van der Waals surface area contributed by atoms with Gasteiger partial charge in [-0.05, 0) is 55.0 Å². The van der Waals surface area contributed by atoms with Crippen molar-refractivity contribution in [3.8, 4) is 0 Å². The Morgan fingerprint density at radius 3 is 2.47 bits per heavy atom. The molecular formula is C23H30N2O5S2. The Morgan fingerprint density at radius 2 is 1.78 bits per heavy atom. The lowest BCUT2D eigenvalue weighted by atomic mass is 9.99. The average Bonchev–Trinajstić information content (AvgIpc) is 3.17. The molecule has 1 saturated heterocycles. The van der Waals surface area contributed by atoms with Gasteiger partial charge in [0.05, 0.1) is 25.9 Å². The molecule has 0 bridgehead atoms. The number of hydrogen-bond donors (Lipinski definition) is 0. The molecule has 174 valence electrons. The fourth-order valence-electron chi connectivity index (χ4n) is 4.39. The Hall–Kier alpha value is -1.78. The summed E-state index contributed by atoms with van der Waals surface area (Å²) >= 11 is 1.22. The first-order valence-corrected chi connectivity index (χ1v) is 13.1. The van der Waals surface area contributed by atoms with E-state index in [4.69, 9.17) is 9.47 Å². The monoisotopic (exact) mass is 478 g/mol. The van der Waals surface area contributed by atoms with Gasteiger partial charge in [-0.1, -0.05) is 12.1 Å². The van der Waals surface area contributed by atoms with Crippen LogP contribution < -0.4 is 0 Å². The lowest BCUT2D eigenvalue weighted by Crippen LogP contribution is -2.40. The lowest BCUT2D eigenvalue weighted by molar-refractivity contribution is 0.0594. The third-order valence-electron chi connectivity index (χ3n) is 6.38. The van der Waals surface area contributed by atoms with Crippen LogP contribution in [-0.4, -0.2) is 63.6 Å². The van der Waals surface area contributed by atoms with E-state index in [0.717, 1.165) is 23.5 Å². The van der Waals surface area contributed by atoms with Gasteiger partial charge in [0.1, 0.15) is 4.21 Å².